The maximum Gasteiger partial charge on any atom is 0.127 e. The van der Waals surface area contributed by atoms with Gasteiger partial charge in [0.15, 0.2) is 0 Å². The number of nitrogens with one attached hydrogen (secondary N) is 1. The van der Waals surface area contributed by atoms with Crippen LogP contribution in [0.25, 0.3) is 0 Å². The van der Waals surface area contributed by atoms with Crippen molar-refractivity contribution >= 4 is 17.2 Å². The van der Waals surface area contributed by atoms with Crippen LogP contribution in [0.3, 0.4) is 0 Å². The lowest BCUT2D eigenvalue weighted by Crippen LogP contribution is -2.06. The summed E-state index contributed by atoms with van der Waals surface area (Å²) in [6.45, 7) is 2.77. The van der Waals surface area contributed by atoms with Crippen molar-refractivity contribution in [1.82, 2.24) is 9.97 Å². The van der Waals surface area contributed by atoms with Gasteiger partial charge in [0.25, 0.3) is 0 Å². The largest absolute Gasteiger partial charge is 0.370 e. The molecule has 1 N–H and O–H groups in total. The molecule has 2 aromatic heterocycles. The van der Waals surface area contributed by atoms with Crippen LogP contribution in [0.4, 0.5) is 5.82 Å². The fourth-order valence-electron chi connectivity index (χ4n) is 1.44. The fourth-order valence-corrected chi connectivity index (χ4v) is 2.09. The summed E-state index contributed by atoms with van der Waals surface area (Å²) in [5.74, 6) is 0.732. The first-order valence-electron chi connectivity index (χ1n) is 5.29. The molecule has 4 nitrogen and oxygen atoms in total. The fraction of sp³-hybridized carbons (Fsp3) is 0.250. The van der Waals surface area contributed by atoms with Crippen molar-refractivity contribution in [3.05, 3.63) is 40.0 Å². The second kappa shape index (κ2) is 5.41. The molecule has 0 saturated carbocycles. The molecule has 0 saturated heterocycles. The first-order valence-corrected chi connectivity index (χ1v) is 6.17. The van der Waals surface area contributed by atoms with Crippen LogP contribution in [0.5, 0.6) is 0 Å². The lowest BCUT2D eigenvalue weighted by atomic mass is 10.3. The van der Waals surface area contributed by atoms with E-state index >= 15 is 0 Å². The Hall–Kier alpha value is -1.93. The van der Waals surface area contributed by atoms with Crippen molar-refractivity contribution in [3.8, 4) is 6.07 Å². The summed E-state index contributed by atoms with van der Waals surface area (Å²) in [6.07, 6.45) is 2.50. The third kappa shape index (κ3) is 3.26. The molecule has 2 rings (SSSR count). The van der Waals surface area contributed by atoms with Gasteiger partial charge in [-0.3, -0.25) is 0 Å². The number of anilines is 1. The molecule has 0 aliphatic rings. The molecule has 5 heteroatoms. The standard InChI is InChI=1S/C12H12N4S/c1-9-16-11(8-17-9)3-5-15-12-6-10(7-13)2-4-14-12/h2,4,6,8H,3,5H2,1H3,(H,14,15). The van der Waals surface area contributed by atoms with E-state index in [-0.39, 0.29) is 0 Å². The number of rotatable bonds is 4. The van der Waals surface area contributed by atoms with E-state index in [9.17, 15) is 0 Å². The highest BCUT2D eigenvalue weighted by Crippen LogP contribution is 2.09. The maximum atomic E-state index is 8.75. The zero-order chi connectivity index (χ0) is 12.1. The van der Waals surface area contributed by atoms with Crippen molar-refractivity contribution < 1.29 is 0 Å². The lowest BCUT2D eigenvalue weighted by molar-refractivity contribution is 0.960. The summed E-state index contributed by atoms with van der Waals surface area (Å²) < 4.78 is 0. The zero-order valence-corrected chi connectivity index (χ0v) is 10.3. The molecule has 0 aromatic carbocycles. The smallest absolute Gasteiger partial charge is 0.127 e. The van der Waals surface area contributed by atoms with Gasteiger partial charge in [-0.05, 0) is 19.1 Å². The van der Waals surface area contributed by atoms with Crippen LogP contribution in [-0.2, 0) is 6.42 Å². The van der Waals surface area contributed by atoms with Gasteiger partial charge in [-0.2, -0.15) is 5.26 Å². The molecule has 0 spiro atoms. The van der Waals surface area contributed by atoms with E-state index in [1.165, 1.54) is 0 Å². The summed E-state index contributed by atoms with van der Waals surface area (Å²) >= 11 is 1.66. The lowest BCUT2D eigenvalue weighted by Gasteiger charge is -2.03. The Kier molecular flexibility index (Phi) is 3.68. The van der Waals surface area contributed by atoms with Crippen LogP contribution in [0.1, 0.15) is 16.3 Å². The average Bonchev–Trinajstić information content (AvgIpc) is 2.75. The van der Waals surface area contributed by atoms with Crippen molar-refractivity contribution in [1.29, 1.82) is 5.26 Å². The van der Waals surface area contributed by atoms with Gasteiger partial charge in [0, 0.05) is 24.5 Å². The van der Waals surface area contributed by atoms with Crippen LogP contribution in [0.15, 0.2) is 23.7 Å². The number of thiazole rings is 1. The third-order valence-corrected chi connectivity index (χ3v) is 3.07. The molecule has 2 aromatic rings. The first kappa shape index (κ1) is 11.6. The van der Waals surface area contributed by atoms with Crippen LogP contribution in [0.2, 0.25) is 0 Å². The van der Waals surface area contributed by atoms with E-state index in [0.717, 1.165) is 29.5 Å². The summed E-state index contributed by atoms with van der Waals surface area (Å²) in [6, 6.07) is 5.52. The summed E-state index contributed by atoms with van der Waals surface area (Å²) in [5.41, 5.74) is 1.71. The van der Waals surface area contributed by atoms with Crippen LogP contribution >= 0.6 is 11.3 Å². The van der Waals surface area contributed by atoms with Gasteiger partial charge in [0.05, 0.1) is 22.3 Å². The minimum atomic E-state index is 0.618. The molecular weight excluding hydrogens is 232 g/mol. The Labute approximate surface area is 104 Å². The second-order valence-corrected chi connectivity index (χ2v) is 4.64. The van der Waals surface area contributed by atoms with Gasteiger partial charge in [-0.25, -0.2) is 9.97 Å². The van der Waals surface area contributed by atoms with Gasteiger partial charge in [-0.15, -0.1) is 11.3 Å². The SMILES string of the molecule is Cc1nc(CCNc2cc(C#N)ccn2)cs1. The van der Waals surface area contributed by atoms with Crippen molar-refractivity contribution in [3.63, 3.8) is 0 Å². The zero-order valence-electron chi connectivity index (χ0n) is 9.47. The topological polar surface area (TPSA) is 61.6 Å². The number of hydrogen-bond donors (Lipinski definition) is 1. The molecule has 0 bridgehead atoms. The van der Waals surface area contributed by atoms with Crippen molar-refractivity contribution in [2.45, 2.75) is 13.3 Å². The number of aromatic nitrogens is 2. The van der Waals surface area contributed by atoms with Crippen molar-refractivity contribution in [2.75, 3.05) is 11.9 Å². The number of pyridine rings is 1. The highest BCUT2D eigenvalue weighted by atomic mass is 32.1. The van der Waals surface area contributed by atoms with Crippen LogP contribution in [-0.4, -0.2) is 16.5 Å². The van der Waals surface area contributed by atoms with Crippen LogP contribution < -0.4 is 5.32 Å². The minimum Gasteiger partial charge on any atom is -0.370 e. The maximum absolute atomic E-state index is 8.75. The van der Waals surface area contributed by atoms with Crippen LogP contribution in [0, 0.1) is 18.3 Å². The summed E-state index contributed by atoms with van der Waals surface area (Å²) in [5, 5.41) is 15.1. The van der Waals surface area contributed by atoms with Gasteiger partial charge < -0.3 is 5.32 Å². The summed E-state index contributed by atoms with van der Waals surface area (Å²) in [4.78, 5) is 8.53. The minimum absolute atomic E-state index is 0.618. The highest BCUT2D eigenvalue weighted by molar-refractivity contribution is 7.09. The number of aryl methyl sites for hydroxylation is 1. The average molecular weight is 244 g/mol. The first-order chi connectivity index (χ1) is 8.28. The molecule has 0 atom stereocenters. The molecular formula is C12H12N4S. The predicted octanol–water partition coefficient (Wildman–Crippen LogP) is 2.37. The van der Waals surface area contributed by atoms with Crippen molar-refractivity contribution in [2.24, 2.45) is 0 Å². The van der Waals surface area contributed by atoms with E-state index in [4.69, 9.17) is 5.26 Å². The Bertz CT molecular complexity index is 541. The second-order valence-electron chi connectivity index (χ2n) is 3.58. The molecule has 2 heterocycles. The predicted molar refractivity (Wildman–Crippen MR) is 68.0 cm³/mol. The Morgan fingerprint density at radius 2 is 2.41 bits per heavy atom. The van der Waals surface area contributed by atoms with Gasteiger partial charge >= 0.3 is 0 Å². The molecule has 0 fully saturated rings. The van der Waals surface area contributed by atoms with Gasteiger partial charge in [0.2, 0.25) is 0 Å². The molecule has 17 heavy (non-hydrogen) atoms. The van der Waals surface area contributed by atoms with Gasteiger partial charge in [-0.1, -0.05) is 0 Å². The Morgan fingerprint density at radius 1 is 1.53 bits per heavy atom. The number of nitrogens with zero attached hydrogens (tertiary/aromatic N) is 3. The number of nitriles is 1. The molecule has 0 amide bonds. The summed E-state index contributed by atoms with van der Waals surface area (Å²) in [7, 11) is 0. The Balaban J connectivity index is 1.88. The van der Waals surface area contributed by atoms with E-state index in [1.54, 1.807) is 29.7 Å². The van der Waals surface area contributed by atoms with E-state index in [1.807, 2.05) is 6.92 Å². The van der Waals surface area contributed by atoms with E-state index in [2.05, 4.69) is 26.7 Å². The quantitative estimate of drug-likeness (QED) is 0.897. The highest BCUT2D eigenvalue weighted by Gasteiger charge is 1.99. The monoisotopic (exact) mass is 244 g/mol. The van der Waals surface area contributed by atoms with E-state index in [0.29, 0.717) is 5.56 Å². The van der Waals surface area contributed by atoms with E-state index < -0.39 is 0 Å². The third-order valence-electron chi connectivity index (χ3n) is 2.24. The molecule has 0 aliphatic carbocycles. The molecule has 0 aliphatic heterocycles. The molecule has 0 radical (unpaired) electrons. The molecule has 86 valence electrons. The number of hydrogen-bond acceptors (Lipinski definition) is 5. The normalized spacial score (nSPS) is 9.88. The molecule has 0 unspecified atom stereocenters. The Morgan fingerprint density at radius 3 is 3.12 bits per heavy atom. The van der Waals surface area contributed by atoms with Gasteiger partial charge in [0.1, 0.15) is 5.82 Å².